The van der Waals surface area contributed by atoms with Crippen molar-refractivity contribution >= 4 is 11.9 Å². The summed E-state index contributed by atoms with van der Waals surface area (Å²) < 4.78 is 0. The predicted octanol–water partition coefficient (Wildman–Crippen LogP) is 2.73. The maximum absolute atomic E-state index is 12.7. The normalized spacial score (nSPS) is 17.2. The molecule has 0 spiro atoms. The largest absolute Gasteiger partial charge is 0.481 e. The summed E-state index contributed by atoms with van der Waals surface area (Å²) in [6, 6.07) is 16.8. The van der Waals surface area contributed by atoms with Crippen LogP contribution in [-0.2, 0) is 17.8 Å². The van der Waals surface area contributed by atoms with Gasteiger partial charge in [-0.3, -0.25) is 9.59 Å². The molecule has 1 N–H and O–H groups in total. The lowest BCUT2D eigenvalue weighted by Gasteiger charge is -2.36. The van der Waals surface area contributed by atoms with E-state index in [1.165, 1.54) is 0 Å². The van der Waals surface area contributed by atoms with Crippen LogP contribution in [-0.4, -0.2) is 27.9 Å². The second kappa shape index (κ2) is 6.02. The molecule has 1 unspecified atom stereocenters. The highest BCUT2D eigenvalue weighted by Crippen LogP contribution is 2.26. The van der Waals surface area contributed by atoms with Gasteiger partial charge in [-0.1, -0.05) is 48.5 Å². The van der Waals surface area contributed by atoms with Crippen molar-refractivity contribution in [3.8, 4) is 0 Å². The molecule has 2 aromatic rings. The molecule has 4 nitrogen and oxygen atoms in total. The van der Waals surface area contributed by atoms with Gasteiger partial charge in [0.25, 0.3) is 5.91 Å². The van der Waals surface area contributed by atoms with E-state index < -0.39 is 5.97 Å². The van der Waals surface area contributed by atoms with Gasteiger partial charge in [-0.2, -0.15) is 0 Å². The number of amides is 1. The van der Waals surface area contributed by atoms with Crippen LogP contribution in [0.4, 0.5) is 0 Å². The lowest BCUT2D eigenvalue weighted by atomic mass is 9.91. The van der Waals surface area contributed by atoms with Crippen LogP contribution in [0.25, 0.3) is 0 Å². The number of carboxylic acids is 1. The zero-order valence-corrected chi connectivity index (χ0v) is 12.1. The Morgan fingerprint density at radius 1 is 1.09 bits per heavy atom. The summed E-state index contributed by atoms with van der Waals surface area (Å²) in [5.41, 5.74) is 2.62. The van der Waals surface area contributed by atoms with Crippen molar-refractivity contribution in [3.63, 3.8) is 0 Å². The Morgan fingerprint density at radius 2 is 1.77 bits per heavy atom. The molecular formula is C18H17NO3. The minimum atomic E-state index is -0.879. The first-order valence-electron chi connectivity index (χ1n) is 7.30. The quantitative estimate of drug-likeness (QED) is 0.943. The lowest BCUT2D eigenvalue weighted by molar-refractivity contribution is -0.138. The zero-order chi connectivity index (χ0) is 15.5. The molecule has 3 rings (SSSR count). The summed E-state index contributed by atoms with van der Waals surface area (Å²) in [4.78, 5) is 25.6. The summed E-state index contributed by atoms with van der Waals surface area (Å²) in [5, 5.41) is 9.15. The molecule has 0 aliphatic carbocycles. The van der Waals surface area contributed by atoms with Crippen LogP contribution in [0.3, 0.4) is 0 Å². The molecule has 0 fully saturated rings. The number of nitrogens with zero attached hydrogens (tertiary/aromatic N) is 1. The fourth-order valence-electron chi connectivity index (χ4n) is 2.96. The van der Waals surface area contributed by atoms with E-state index in [0.29, 0.717) is 18.5 Å². The topological polar surface area (TPSA) is 57.6 Å². The summed E-state index contributed by atoms with van der Waals surface area (Å²) >= 11 is 0. The Hall–Kier alpha value is -2.62. The number of carboxylic acid groups (broad SMARTS) is 1. The van der Waals surface area contributed by atoms with E-state index in [1.54, 1.807) is 4.90 Å². The van der Waals surface area contributed by atoms with E-state index in [4.69, 9.17) is 5.11 Å². The van der Waals surface area contributed by atoms with Crippen molar-refractivity contribution in [1.82, 2.24) is 4.90 Å². The first-order valence-corrected chi connectivity index (χ1v) is 7.30. The number of rotatable bonds is 4. The molecule has 0 radical (unpaired) electrons. The number of fused-ring (bicyclic) bond motifs is 1. The Balaban J connectivity index is 1.93. The van der Waals surface area contributed by atoms with Crippen molar-refractivity contribution in [2.45, 2.75) is 25.4 Å². The fraction of sp³-hybridized carbons (Fsp3) is 0.222. The first kappa shape index (κ1) is 14.3. The SMILES string of the molecule is O=C(O)CC1Cc2ccccc2C(=O)N1Cc1ccccc1. The van der Waals surface area contributed by atoms with Crippen molar-refractivity contribution in [2.75, 3.05) is 0 Å². The number of aliphatic carboxylic acids is 1. The molecule has 1 heterocycles. The maximum atomic E-state index is 12.7. The molecule has 1 amide bonds. The van der Waals surface area contributed by atoms with Crippen molar-refractivity contribution in [2.24, 2.45) is 0 Å². The average Bonchev–Trinajstić information content (AvgIpc) is 2.52. The van der Waals surface area contributed by atoms with Crippen LogP contribution in [0.5, 0.6) is 0 Å². The molecular weight excluding hydrogens is 278 g/mol. The van der Waals surface area contributed by atoms with E-state index >= 15 is 0 Å². The van der Waals surface area contributed by atoms with Gasteiger partial charge >= 0.3 is 5.97 Å². The van der Waals surface area contributed by atoms with E-state index in [-0.39, 0.29) is 18.4 Å². The summed E-state index contributed by atoms with van der Waals surface area (Å²) in [5.74, 6) is -0.966. The fourth-order valence-corrected chi connectivity index (χ4v) is 2.96. The molecule has 0 aromatic heterocycles. The Bertz CT molecular complexity index is 696. The van der Waals surface area contributed by atoms with Crippen LogP contribution >= 0.6 is 0 Å². The highest BCUT2D eigenvalue weighted by molar-refractivity contribution is 5.97. The Labute approximate surface area is 129 Å². The van der Waals surface area contributed by atoms with Gasteiger partial charge in [0, 0.05) is 18.2 Å². The zero-order valence-electron chi connectivity index (χ0n) is 12.1. The summed E-state index contributed by atoms with van der Waals surface area (Å²) in [7, 11) is 0. The number of hydrogen-bond donors (Lipinski definition) is 1. The van der Waals surface area contributed by atoms with Crippen molar-refractivity contribution in [3.05, 3.63) is 71.3 Å². The lowest BCUT2D eigenvalue weighted by Crippen LogP contribution is -2.46. The number of carbonyl (C=O) groups excluding carboxylic acids is 1. The highest BCUT2D eigenvalue weighted by atomic mass is 16.4. The van der Waals surface area contributed by atoms with Gasteiger partial charge in [-0.05, 0) is 23.6 Å². The molecule has 0 saturated heterocycles. The van der Waals surface area contributed by atoms with Crippen LogP contribution in [0.2, 0.25) is 0 Å². The first-order chi connectivity index (χ1) is 10.6. The van der Waals surface area contributed by atoms with Crippen molar-refractivity contribution < 1.29 is 14.7 Å². The molecule has 1 aliphatic rings. The van der Waals surface area contributed by atoms with E-state index in [0.717, 1.165) is 11.1 Å². The molecule has 0 saturated carbocycles. The standard InChI is InChI=1S/C18H17NO3/c20-17(21)11-15-10-14-8-4-5-9-16(14)18(22)19(15)12-13-6-2-1-3-7-13/h1-9,15H,10-12H2,(H,20,21). The third kappa shape index (κ3) is 2.86. The molecule has 112 valence electrons. The van der Waals surface area contributed by atoms with Crippen LogP contribution in [0.1, 0.15) is 27.9 Å². The minimum Gasteiger partial charge on any atom is -0.481 e. The van der Waals surface area contributed by atoms with Crippen LogP contribution < -0.4 is 0 Å². The van der Waals surface area contributed by atoms with Gasteiger partial charge < -0.3 is 10.0 Å². The van der Waals surface area contributed by atoms with Crippen molar-refractivity contribution in [1.29, 1.82) is 0 Å². The molecule has 1 atom stereocenters. The molecule has 1 aliphatic heterocycles. The number of hydrogen-bond acceptors (Lipinski definition) is 2. The van der Waals surface area contributed by atoms with Gasteiger partial charge in [0.2, 0.25) is 0 Å². The molecule has 22 heavy (non-hydrogen) atoms. The monoisotopic (exact) mass is 295 g/mol. The Morgan fingerprint density at radius 3 is 2.50 bits per heavy atom. The van der Waals surface area contributed by atoms with Gasteiger partial charge in [0.1, 0.15) is 0 Å². The average molecular weight is 295 g/mol. The maximum Gasteiger partial charge on any atom is 0.305 e. The van der Waals surface area contributed by atoms with Gasteiger partial charge in [0.05, 0.1) is 6.42 Å². The third-order valence-corrected chi connectivity index (χ3v) is 4.01. The van der Waals surface area contributed by atoms with Gasteiger partial charge in [0.15, 0.2) is 0 Å². The van der Waals surface area contributed by atoms with E-state index in [1.807, 2.05) is 54.6 Å². The van der Waals surface area contributed by atoms with Gasteiger partial charge in [-0.15, -0.1) is 0 Å². The summed E-state index contributed by atoms with van der Waals surface area (Å²) in [6.45, 7) is 0.436. The number of carbonyl (C=O) groups is 2. The highest BCUT2D eigenvalue weighted by Gasteiger charge is 2.33. The number of benzene rings is 2. The molecule has 0 bridgehead atoms. The second-order valence-electron chi connectivity index (χ2n) is 5.53. The second-order valence-corrected chi connectivity index (χ2v) is 5.53. The minimum absolute atomic E-state index is 0.0348. The third-order valence-electron chi connectivity index (χ3n) is 4.01. The van der Waals surface area contributed by atoms with E-state index in [2.05, 4.69) is 0 Å². The van der Waals surface area contributed by atoms with Crippen LogP contribution in [0, 0.1) is 0 Å². The summed E-state index contributed by atoms with van der Waals surface area (Å²) in [6.07, 6.45) is 0.550. The van der Waals surface area contributed by atoms with E-state index in [9.17, 15) is 9.59 Å². The predicted molar refractivity (Wildman–Crippen MR) is 82.5 cm³/mol. The van der Waals surface area contributed by atoms with Gasteiger partial charge in [-0.25, -0.2) is 0 Å². The molecule has 2 aromatic carbocycles. The smallest absolute Gasteiger partial charge is 0.305 e. The Kier molecular flexibility index (Phi) is 3.92. The van der Waals surface area contributed by atoms with Crippen LogP contribution in [0.15, 0.2) is 54.6 Å². The molecule has 4 heteroatoms.